The van der Waals surface area contributed by atoms with Gasteiger partial charge >= 0.3 is 6.18 Å². The number of alkyl halides is 3. The Kier molecular flexibility index (Phi) is 5.83. The van der Waals surface area contributed by atoms with Crippen molar-refractivity contribution in [2.75, 3.05) is 0 Å². The van der Waals surface area contributed by atoms with Crippen LogP contribution in [0.1, 0.15) is 66.0 Å². The van der Waals surface area contributed by atoms with Crippen LogP contribution < -0.4 is 16.2 Å². The number of hydrogen-bond donors (Lipinski definition) is 3. The topological polar surface area (TPSA) is 113 Å². The van der Waals surface area contributed by atoms with E-state index in [1.54, 1.807) is 6.92 Å². The van der Waals surface area contributed by atoms with Gasteiger partial charge < -0.3 is 15.7 Å². The lowest BCUT2D eigenvalue weighted by molar-refractivity contribution is -0.193. The van der Waals surface area contributed by atoms with E-state index in [9.17, 15) is 37.1 Å². The van der Waals surface area contributed by atoms with Crippen molar-refractivity contribution in [2.45, 2.75) is 70.3 Å². The molecule has 8 nitrogen and oxygen atoms in total. The van der Waals surface area contributed by atoms with Crippen molar-refractivity contribution in [3.63, 3.8) is 0 Å². The van der Waals surface area contributed by atoms with E-state index in [0.717, 1.165) is 0 Å². The van der Waals surface area contributed by atoms with Gasteiger partial charge in [-0.2, -0.15) is 13.2 Å². The van der Waals surface area contributed by atoms with E-state index in [2.05, 4.69) is 15.6 Å². The maximum absolute atomic E-state index is 13.6. The van der Waals surface area contributed by atoms with Crippen LogP contribution in [0.3, 0.4) is 0 Å². The predicted octanol–water partition coefficient (Wildman–Crippen LogP) is 3.18. The van der Waals surface area contributed by atoms with Crippen LogP contribution >= 0.6 is 0 Å². The van der Waals surface area contributed by atoms with E-state index >= 15 is 0 Å². The molecule has 0 spiro atoms. The average molecular weight is 522 g/mol. The van der Waals surface area contributed by atoms with E-state index in [1.165, 1.54) is 22.8 Å². The van der Waals surface area contributed by atoms with Crippen LogP contribution in [-0.2, 0) is 23.4 Å². The lowest BCUT2D eigenvalue weighted by atomic mass is 9.77. The Morgan fingerprint density at radius 1 is 1.19 bits per heavy atom. The number of aromatic hydroxyl groups is 1. The van der Waals surface area contributed by atoms with Gasteiger partial charge in [0.1, 0.15) is 17.1 Å². The van der Waals surface area contributed by atoms with Crippen molar-refractivity contribution in [1.29, 1.82) is 0 Å². The minimum Gasteiger partial charge on any atom is -0.501 e. The second-order valence-electron chi connectivity index (χ2n) is 10.4. The Bertz CT molecular complexity index is 1340. The fraction of sp³-hybridized carbons (Fsp3) is 0.520. The largest absolute Gasteiger partial charge is 0.501 e. The van der Waals surface area contributed by atoms with Crippen LogP contribution in [0.25, 0.3) is 0 Å². The number of carbonyl (C=O) groups excluding carboxylic acids is 2. The third kappa shape index (κ3) is 4.15. The second-order valence-corrected chi connectivity index (χ2v) is 10.4. The lowest BCUT2D eigenvalue weighted by Gasteiger charge is -2.38. The predicted molar refractivity (Wildman–Crippen MR) is 122 cm³/mol. The fourth-order valence-corrected chi connectivity index (χ4v) is 5.44. The molecule has 198 valence electrons. The van der Waals surface area contributed by atoms with Gasteiger partial charge in [-0.15, -0.1) is 0 Å². The molecule has 0 atom stereocenters. The molecule has 0 saturated heterocycles. The highest BCUT2D eigenvalue weighted by Crippen LogP contribution is 2.58. The van der Waals surface area contributed by atoms with Gasteiger partial charge in [0.2, 0.25) is 11.7 Å². The smallest absolute Gasteiger partial charge is 0.403 e. The summed E-state index contributed by atoms with van der Waals surface area (Å²) in [4.78, 5) is 43.3. The maximum Gasteiger partial charge on any atom is 0.403 e. The number of benzene rings is 1. The molecule has 0 unspecified atom stereocenters. The first-order valence-electron chi connectivity index (χ1n) is 12.1. The highest BCUT2D eigenvalue weighted by Gasteiger charge is 2.69. The highest BCUT2D eigenvalue weighted by atomic mass is 19.4. The van der Waals surface area contributed by atoms with Gasteiger partial charge in [0, 0.05) is 13.1 Å². The van der Waals surface area contributed by atoms with Crippen LogP contribution in [0.4, 0.5) is 17.6 Å². The molecular formula is C25H26F4N4O4. The summed E-state index contributed by atoms with van der Waals surface area (Å²) in [7, 11) is 0. The summed E-state index contributed by atoms with van der Waals surface area (Å²) in [6, 6.07) is 4.25. The molecule has 0 radical (unpaired) electrons. The molecule has 2 aliphatic carbocycles. The molecule has 2 aliphatic heterocycles. The fourth-order valence-electron chi connectivity index (χ4n) is 5.44. The zero-order chi connectivity index (χ0) is 26.8. The van der Waals surface area contributed by atoms with Crippen molar-refractivity contribution in [3.8, 4) is 5.75 Å². The molecule has 12 heteroatoms. The normalized spacial score (nSPS) is 23.6. The van der Waals surface area contributed by atoms with Crippen LogP contribution in [-0.4, -0.2) is 32.6 Å². The molecule has 4 aliphatic rings. The Labute approximate surface area is 209 Å². The summed E-state index contributed by atoms with van der Waals surface area (Å²) in [6.45, 7) is 1.69. The first kappa shape index (κ1) is 25.2. The number of nitrogens with zero attached hydrogens (tertiary/aromatic N) is 2. The quantitative estimate of drug-likeness (QED) is 0.522. The number of amides is 2. The number of rotatable bonds is 5. The van der Waals surface area contributed by atoms with Gasteiger partial charge in [0.15, 0.2) is 5.69 Å². The van der Waals surface area contributed by atoms with Crippen LogP contribution in [0.2, 0.25) is 0 Å². The Morgan fingerprint density at radius 3 is 2.46 bits per heavy atom. The Hall–Kier alpha value is -3.44. The SMILES string of the molecule is Cc1cc(CNC(=O)c2nc3n(c(=O)c2O)CC2CCC3(NC(=O)C3(C(F)(F)F)CC3)CC2)ccc1F. The van der Waals surface area contributed by atoms with Crippen molar-refractivity contribution in [3.05, 3.63) is 57.0 Å². The molecule has 1 aromatic heterocycles. The number of hydrogen-bond acceptors (Lipinski definition) is 5. The van der Waals surface area contributed by atoms with E-state index in [4.69, 9.17) is 0 Å². The summed E-state index contributed by atoms with van der Waals surface area (Å²) in [5.74, 6) is -3.34. The van der Waals surface area contributed by atoms with Gasteiger partial charge in [0.25, 0.3) is 11.5 Å². The third-order valence-corrected chi connectivity index (χ3v) is 7.94. The summed E-state index contributed by atoms with van der Waals surface area (Å²) >= 11 is 0. The molecule has 2 bridgehead atoms. The molecule has 2 amide bonds. The molecule has 2 aromatic rings. The molecule has 1 aromatic carbocycles. The van der Waals surface area contributed by atoms with Crippen LogP contribution in [0.15, 0.2) is 23.0 Å². The van der Waals surface area contributed by atoms with E-state index < -0.39 is 51.8 Å². The van der Waals surface area contributed by atoms with Gasteiger partial charge in [-0.1, -0.05) is 12.1 Å². The number of halogens is 4. The minimum absolute atomic E-state index is 0.0177. The standard InChI is InChI=1S/C25H26F4N4O4/c1-13-10-15(2-3-16(13)26)11-30-19(35)17-18(34)20(36)33-12-14-4-6-24(7-5-14,21(33)31-17)32-22(37)23(8-9-23)25(27,28)29/h2-3,10,14,34H,4-9,11-12H2,1H3,(H,30,35)(H,32,37). The van der Waals surface area contributed by atoms with Crippen molar-refractivity contribution >= 4 is 11.8 Å². The molecule has 3 heterocycles. The average Bonchev–Trinajstić information content (AvgIpc) is 3.68. The van der Waals surface area contributed by atoms with Crippen molar-refractivity contribution in [1.82, 2.24) is 20.2 Å². The molecule has 2 fully saturated rings. The molecule has 2 saturated carbocycles. The summed E-state index contributed by atoms with van der Waals surface area (Å²) in [6.07, 6.45) is -3.75. The van der Waals surface area contributed by atoms with Crippen LogP contribution in [0.5, 0.6) is 5.75 Å². The van der Waals surface area contributed by atoms with Crippen molar-refractivity contribution < 1.29 is 32.3 Å². The first-order valence-corrected chi connectivity index (χ1v) is 12.1. The van der Waals surface area contributed by atoms with E-state index in [-0.39, 0.29) is 50.5 Å². The number of fused-ring (bicyclic) bond motifs is 2. The number of carbonyl (C=O) groups is 2. The lowest BCUT2D eigenvalue weighted by Crippen LogP contribution is -2.54. The molecular weight excluding hydrogens is 496 g/mol. The Balaban J connectivity index is 1.49. The number of nitrogens with one attached hydrogen (secondary N) is 2. The van der Waals surface area contributed by atoms with Gasteiger partial charge in [-0.3, -0.25) is 19.0 Å². The summed E-state index contributed by atoms with van der Waals surface area (Å²) in [5, 5.41) is 15.7. The Morgan fingerprint density at radius 2 is 1.86 bits per heavy atom. The zero-order valence-corrected chi connectivity index (χ0v) is 20.0. The number of aromatic nitrogens is 2. The molecule has 6 rings (SSSR count). The van der Waals surface area contributed by atoms with Gasteiger partial charge in [-0.05, 0) is 68.6 Å². The molecule has 3 N–H and O–H groups in total. The highest BCUT2D eigenvalue weighted by molar-refractivity contribution is 5.94. The monoisotopic (exact) mass is 522 g/mol. The third-order valence-electron chi connectivity index (χ3n) is 7.94. The van der Waals surface area contributed by atoms with Gasteiger partial charge in [0.05, 0.1) is 5.54 Å². The van der Waals surface area contributed by atoms with E-state index in [0.29, 0.717) is 24.0 Å². The van der Waals surface area contributed by atoms with E-state index in [1.807, 2.05) is 0 Å². The second kappa shape index (κ2) is 8.56. The molecule has 37 heavy (non-hydrogen) atoms. The maximum atomic E-state index is 13.6. The minimum atomic E-state index is -4.71. The first-order chi connectivity index (χ1) is 17.4. The summed E-state index contributed by atoms with van der Waals surface area (Å²) < 4.78 is 55.6. The summed E-state index contributed by atoms with van der Waals surface area (Å²) in [5.41, 5.74) is -4.36. The number of aryl methyl sites for hydroxylation is 1. The zero-order valence-electron chi connectivity index (χ0n) is 20.0. The van der Waals surface area contributed by atoms with Crippen molar-refractivity contribution in [2.24, 2.45) is 11.3 Å². The van der Waals surface area contributed by atoms with Gasteiger partial charge in [-0.25, -0.2) is 9.37 Å². The van der Waals surface area contributed by atoms with Crippen LogP contribution in [0, 0.1) is 24.1 Å².